The molecule has 4 nitrogen and oxygen atoms in total. The van der Waals surface area contributed by atoms with E-state index in [0.29, 0.717) is 5.69 Å². The van der Waals surface area contributed by atoms with E-state index in [9.17, 15) is 8.42 Å². The average Bonchev–Trinajstić information content (AvgIpc) is 2.25. The van der Waals surface area contributed by atoms with Gasteiger partial charge in [0.2, 0.25) is 10.0 Å². The molecule has 0 amide bonds. The summed E-state index contributed by atoms with van der Waals surface area (Å²) in [6, 6.07) is 7.49. The zero-order chi connectivity index (χ0) is 12.7. The van der Waals surface area contributed by atoms with Crippen LogP contribution in [0.2, 0.25) is 0 Å². The molecule has 0 saturated carbocycles. The summed E-state index contributed by atoms with van der Waals surface area (Å²) >= 11 is 0. The van der Waals surface area contributed by atoms with Crippen molar-refractivity contribution in [3.05, 3.63) is 29.8 Å². The fourth-order valence-electron chi connectivity index (χ4n) is 1.60. The van der Waals surface area contributed by atoms with E-state index in [0.717, 1.165) is 38.5 Å². The van der Waals surface area contributed by atoms with Gasteiger partial charge in [-0.15, -0.1) is 0 Å². The second-order valence-corrected chi connectivity index (χ2v) is 5.92. The minimum absolute atomic E-state index is 0.609. The molecule has 3 N–H and O–H groups in total. The van der Waals surface area contributed by atoms with Crippen LogP contribution in [0.3, 0.4) is 0 Å². The van der Waals surface area contributed by atoms with Crippen LogP contribution in [-0.4, -0.2) is 21.2 Å². The third-order valence-electron chi connectivity index (χ3n) is 2.43. The number of unbranched alkanes of at least 4 members (excludes halogenated alkanes) is 2. The third-order valence-corrected chi connectivity index (χ3v) is 3.03. The molecule has 1 aromatic carbocycles. The Morgan fingerprint density at radius 3 is 2.29 bits per heavy atom. The largest absolute Gasteiger partial charge is 0.330 e. The fourth-order valence-corrected chi connectivity index (χ4v) is 2.17. The molecule has 0 aliphatic carbocycles. The predicted octanol–water partition coefficient (Wildman–Crippen LogP) is 1.73. The standard InChI is InChI=1S/C12H20N2O2S/c1-17(15,16)14-12-8-6-11(7-9-12)5-3-2-4-10-13/h6-9,14H,2-5,10,13H2,1H3. The number of nitrogens with two attached hydrogens (primary N) is 1. The van der Waals surface area contributed by atoms with Crippen molar-refractivity contribution in [1.29, 1.82) is 0 Å². The molecule has 0 aliphatic rings. The van der Waals surface area contributed by atoms with E-state index < -0.39 is 10.0 Å². The molecule has 0 heterocycles. The first-order valence-electron chi connectivity index (χ1n) is 5.78. The quantitative estimate of drug-likeness (QED) is 0.730. The summed E-state index contributed by atoms with van der Waals surface area (Å²) in [4.78, 5) is 0. The summed E-state index contributed by atoms with van der Waals surface area (Å²) in [6.07, 6.45) is 5.48. The molecule has 0 unspecified atom stereocenters. The van der Waals surface area contributed by atoms with Crippen molar-refractivity contribution in [2.45, 2.75) is 25.7 Å². The molecule has 0 spiro atoms. The maximum Gasteiger partial charge on any atom is 0.229 e. The minimum Gasteiger partial charge on any atom is -0.330 e. The SMILES string of the molecule is CS(=O)(=O)Nc1ccc(CCCCCN)cc1. The molecule has 5 heteroatoms. The Hall–Kier alpha value is -1.07. The summed E-state index contributed by atoms with van der Waals surface area (Å²) in [5.41, 5.74) is 7.25. The Bertz CT molecular complexity index is 426. The van der Waals surface area contributed by atoms with Crippen LogP contribution in [0.15, 0.2) is 24.3 Å². The van der Waals surface area contributed by atoms with Gasteiger partial charge < -0.3 is 5.73 Å². The Morgan fingerprint density at radius 1 is 1.12 bits per heavy atom. The minimum atomic E-state index is -3.18. The van der Waals surface area contributed by atoms with Crippen LogP contribution in [0.4, 0.5) is 5.69 Å². The molecule has 0 fully saturated rings. The van der Waals surface area contributed by atoms with Gasteiger partial charge in [-0.25, -0.2) is 8.42 Å². The molecule has 17 heavy (non-hydrogen) atoms. The van der Waals surface area contributed by atoms with E-state index in [1.165, 1.54) is 5.56 Å². The van der Waals surface area contributed by atoms with Gasteiger partial charge in [0.25, 0.3) is 0 Å². The van der Waals surface area contributed by atoms with Crippen molar-refractivity contribution in [3.8, 4) is 0 Å². The first-order valence-corrected chi connectivity index (χ1v) is 7.67. The van der Waals surface area contributed by atoms with E-state index in [1.54, 1.807) is 12.1 Å². The van der Waals surface area contributed by atoms with E-state index in [1.807, 2.05) is 12.1 Å². The van der Waals surface area contributed by atoms with Gasteiger partial charge in [0.1, 0.15) is 0 Å². The highest BCUT2D eigenvalue weighted by molar-refractivity contribution is 7.92. The van der Waals surface area contributed by atoms with Gasteiger partial charge >= 0.3 is 0 Å². The number of anilines is 1. The van der Waals surface area contributed by atoms with Crippen LogP contribution in [0.1, 0.15) is 24.8 Å². The maximum absolute atomic E-state index is 11.0. The van der Waals surface area contributed by atoms with Crippen LogP contribution in [0, 0.1) is 0 Å². The number of nitrogens with one attached hydrogen (secondary N) is 1. The molecule has 96 valence electrons. The molecule has 0 saturated heterocycles. The van der Waals surface area contributed by atoms with Crippen molar-refractivity contribution < 1.29 is 8.42 Å². The number of hydrogen-bond donors (Lipinski definition) is 2. The Labute approximate surface area is 103 Å². The topological polar surface area (TPSA) is 72.2 Å². The van der Waals surface area contributed by atoms with Crippen molar-refractivity contribution in [2.75, 3.05) is 17.5 Å². The highest BCUT2D eigenvalue weighted by atomic mass is 32.2. The molecular weight excluding hydrogens is 236 g/mol. The summed E-state index contributed by atoms with van der Waals surface area (Å²) in [5.74, 6) is 0. The molecule has 0 atom stereocenters. The molecule has 0 bridgehead atoms. The highest BCUT2D eigenvalue weighted by Gasteiger charge is 2.01. The monoisotopic (exact) mass is 256 g/mol. The molecule has 0 radical (unpaired) electrons. The van der Waals surface area contributed by atoms with Crippen LogP contribution in [0.25, 0.3) is 0 Å². The highest BCUT2D eigenvalue weighted by Crippen LogP contribution is 2.13. The lowest BCUT2D eigenvalue weighted by Crippen LogP contribution is -2.09. The van der Waals surface area contributed by atoms with Gasteiger partial charge in [-0.1, -0.05) is 18.6 Å². The van der Waals surface area contributed by atoms with Gasteiger partial charge in [0.05, 0.1) is 6.26 Å². The first-order chi connectivity index (χ1) is 8.01. The van der Waals surface area contributed by atoms with Crippen molar-refractivity contribution in [3.63, 3.8) is 0 Å². The maximum atomic E-state index is 11.0. The lowest BCUT2D eigenvalue weighted by molar-refractivity contribution is 0.607. The number of benzene rings is 1. The van der Waals surface area contributed by atoms with E-state index in [-0.39, 0.29) is 0 Å². The summed E-state index contributed by atoms with van der Waals surface area (Å²) in [7, 11) is -3.18. The normalized spacial score (nSPS) is 11.4. The van der Waals surface area contributed by atoms with Crippen LogP contribution >= 0.6 is 0 Å². The molecule has 0 aliphatic heterocycles. The Kier molecular flexibility index (Phi) is 5.44. The summed E-state index contributed by atoms with van der Waals surface area (Å²) in [6.45, 7) is 0.747. The second kappa shape index (κ2) is 6.61. The second-order valence-electron chi connectivity index (χ2n) is 4.17. The Morgan fingerprint density at radius 2 is 1.76 bits per heavy atom. The predicted molar refractivity (Wildman–Crippen MR) is 71.5 cm³/mol. The van der Waals surface area contributed by atoms with Crippen molar-refractivity contribution in [2.24, 2.45) is 5.73 Å². The van der Waals surface area contributed by atoms with Crippen LogP contribution < -0.4 is 10.5 Å². The van der Waals surface area contributed by atoms with Gasteiger partial charge in [0, 0.05) is 5.69 Å². The van der Waals surface area contributed by atoms with E-state index in [2.05, 4.69) is 4.72 Å². The van der Waals surface area contributed by atoms with Gasteiger partial charge in [-0.2, -0.15) is 0 Å². The lowest BCUT2D eigenvalue weighted by Gasteiger charge is -2.05. The molecule has 1 rings (SSSR count). The lowest BCUT2D eigenvalue weighted by atomic mass is 10.1. The van der Waals surface area contributed by atoms with Gasteiger partial charge in [-0.05, 0) is 43.5 Å². The number of rotatable bonds is 7. The van der Waals surface area contributed by atoms with Crippen LogP contribution in [0.5, 0.6) is 0 Å². The molecule has 0 aromatic heterocycles. The van der Waals surface area contributed by atoms with Crippen molar-refractivity contribution in [1.82, 2.24) is 0 Å². The van der Waals surface area contributed by atoms with Crippen LogP contribution in [-0.2, 0) is 16.4 Å². The van der Waals surface area contributed by atoms with Gasteiger partial charge in [-0.3, -0.25) is 4.72 Å². The number of sulfonamides is 1. The summed E-state index contributed by atoms with van der Waals surface area (Å²) in [5, 5.41) is 0. The third kappa shape index (κ3) is 6.28. The zero-order valence-corrected chi connectivity index (χ0v) is 11.0. The van der Waals surface area contributed by atoms with E-state index in [4.69, 9.17) is 5.73 Å². The zero-order valence-electron chi connectivity index (χ0n) is 10.1. The summed E-state index contributed by atoms with van der Waals surface area (Å²) < 4.78 is 24.5. The van der Waals surface area contributed by atoms with Gasteiger partial charge in [0.15, 0.2) is 0 Å². The van der Waals surface area contributed by atoms with E-state index >= 15 is 0 Å². The van der Waals surface area contributed by atoms with Crippen molar-refractivity contribution >= 4 is 15.7 Å². The molecular formula is C12H20N2O2S. The number of aryl methyl sites for hydroxylation is 1. The fraction of sp³-hybridized carbons (Fsp3) is 0.500. The average molecular weight is 256 g/mol. The first kappa shape index (κ1) is 14.0. The number of hydrogen-bond acceptors (Lipinski definition) is 3. The molecule has 1 aromatic rings. The smallest absolute Gasteiger partial charge is 0.229 e. The Balaban J connectivity index is 2.45.